The van der Waals surface area contributed by atoms with Crippen molar-refractivity contribution in [3.63, 3.8) is 0 Å². The highest BCUT2D eigenvalue weighted by atomic mass is 32.2. The molecule has 1 unspecified atom stereocenters. The molecular formula is C6H9N3O2S. The highest BCUT2D eigenvalue weighted by molar-refractivity contribution is 7.80. The molecule has 3 N–H and O–H groups in total. The molecule has 1 atom stereocenters. The van der Waals surface area contributed by atoms with Crippen molar-refractivity contribution in [2.45, 2.75) is 0 Å². The van der Waals surface area contributed by atoms with Crippen LogP contribution < -0.4 is 10.0 Å². The standard InChI is InChI=1S/C6H9N3O2S/c1-9(12(10)11)6-3-2-5(7)4-8-6/h2-4H,7H2,1H3,(H,10,11). The number of nitrogens with two attached hydrogens (primary N) is 1. The van der Waals surface area contributed by atoms with Gasteiger partial charge in [-0.3, -0.25) is 8.86 Å². The zero-order valence-electron chi connectivity index (χ0n) is 6.47. The van der Waals surface area contributed by atoms with Gasteiger partial charge in [0.1, 0.15) is 5.82 Å². The van der Waals surface area contributed by atoms with Gasteiger partial charge < -0.3 is 5.73 Å². The van der Waals surface area contributed by atoms with Crippen molar-refractivity contribution in [3.8, 4) is 0 Å². The first-order valence-electron chi connectivity index (χ1n) is 3.17. The van der Waals surface area contributed by atoms with E-state index in [1.807, 2.05) is 0 Å². The molecule has 1 rings (SSSR count). The van der Waals surface area contributed by atoms with Gasteiger partial charge in [-0.15, -0.1) is 0 Å². The first-order valence-corrected chi connectivity index (χ1v) is 4.24. The van der Waals surface area contributed by atoms with Crippen molar-refractivity contribution in [1.29, 1.82) is 0 Å². The second-order valence-electron chi connectivity index (χ2n) is 2.18. The lowest BCUT2D eigenvalue weighted by Crippen LogP contribution is -2.20. The predicted molar refractivity (Wildman–Crippen MR) is 47.8 cm³/mol. The van der Waals surface area contributed by atoms with Crippen molar-refractivity contribution < 1.29 is 8.76 Å². The Labute approximate surface area is 72.6 Å². The van der Waals surface area contributed by atoms with E-state index in [1.165, 1.54) is 13.2 Å². The van der Waals surface area contributed by atoms with E-state index in [1.54, 1.807) is 12.1 Å². The minimum absolute atomic E-state index is 0.407. The third kappa shape index (κ3) is 1.93. The fourth-order valence-electron chi connectivity index (χ4n) is 0.664. The highest BCUT2D eigenvalue weighted by Crippen LogP contribution is 2.10. The first-order chi connectivity index (χ1) is 5.61. The molecule has 0 radical (unpaired) electrons. The lowest BCUT2D eigenvalue weighted by molar-refractivity contribution is 0.562. The number of rotatable bonds is 2. The van der Waals surface area contributed by atoms with Crippen LogP contribution in [0.25, 0.3) is 0 Å². The van der Waals surface area contributed by atoms with Crippen molar-refractivity contribution >= 4 is 22.8 Å². The van der Waals surface area contributed by atoms with E-state index in [2.05, 4.69) is 4.98 Å². The number of anilines is 2. The van der Waals surface area contributed by atoms with Crippen LogP contribution >= 0.6 is 0 Å². The molecule has 1 heterocycles. The molecular weight excluding hydrogens is 178 g/mol. The molecule has 0 spiro atoms. The van der Waals surface area contributed by atoms with Gasteiger partial charge in [-0.2, -0.15) is 0 Å². The minimum atomic E-state index is -2.04. The average molecular weight is 187 g/mol. The molecule has 0 aliphatic rings. The molecule has 0 aliphatic carbocycles. The Hall–Kier alpha value is -1.14. The summed E-state index contributed by atoms with van der Waals surface area (Å²) in [5.41, 5.74) is 5.91. The van der Waals surface area contributed by atoms with Crippen LogP contribution in [0.5, 0.6) is 0 Å². The molecule has 0 amide bonds. The van der Waals surface area contributed by atoms with Crippen molar-refractivity contribution in [2.75, 3.05) is 17.1 Å². The number of aromatic nitrogens is 1. The maximum Gasteiger partial charge on any atom is 0.262 e. The Morgan fingerprint density at radius 2 is 2.33 bits per heavy atom. The molecule has 0 saturated heterocycles. The van der Waals surface area contributed by atoms with Gasteiger partial charge in [0.2, 0.25) is 0 Å². The lowest BCUT2D eigenvalue weighted by Gasteiger charge is -2.11. The summed E-state index contributed by atoms with van der Waals surface area (Å²) >= 11 is -2.04. The maximum atomic E-state index is 10.6. The maximum absolute atomic E-state index is 10.6. The fourth-order valence-corrected chi connectivity index (χ4v) is 0.932. The summed E-state index contributed by atoms with van der Waals surface area (Å²) in [7, 11) is 1.47. The Morgan fingerprint density at radius 3 is 2.75 bits per heavy atom. The van der Waals surface area contributed by atoms with Crippen LogP contribution in [-0.4, -0.2) is 20.8 Å². The topological polar surface area (TPSA) is 79.5 Å². The molecule has 0 fully saturated rings. The van der Waals surface area contributed by atoms with Crippen LogP contribution in [0.1, 0.15) is 0 Å². The third-order valence-corrected chi connectivity index (χ3v) is 1.98. The summed E-state index contributed by atoms with van der Waals surface area (Å²) in [5.74, 6) is 0.407. The van der Waals surface area contributed by atoms with Crippen LogP contribution in [-0.2, 0) is 11.3 Å². The van der Waals surface area contributed by atoms with Crippen LogP contribution in [0.2, 0.25) is 0 Å². The summed E-state index contributed by atoms with van der Waals surface area (Å²) in [4.78, 5) is 3.85. The lowest BCUT2D eigenvalue weighted by atomic mass is 10.4. The molecule has 0 bridgehead atoms. The summed E-state index contributed by atoms with van der Waals surface area (Å²) in [6.07, 6.45) is 1.43. The zero-order valence-corrected chi connectivity index (χ0v) is 7.28. The van der Waals surface area contributed by atoms with E-state index in [4.69, 9.17) is 10.3 Å². The van der Waals surface area contributed by atoms with Gasteiger partial charge in [0.25, 0.3) is 11.3 Å². The van der Waals surface area contributed by atoms with Gasteiger partial charge in [0.05, 0.1) is 11.9 Å². The predicted octanol–water partition coefficient (Wildman–Crippen LogP) is 0.237. The molecule has 1 aromatic rings. The summed E-state index contributed by atoms with van der Waals surface area (Å²) in [5, 5.41) is 0. The van der Waals surface area contributed by atoms with Gasteiger partial charge in [0.15, 0.2) is 0 Å². The van der Waals surface area contributed by atoms with Crippen LogP contribution in [0, 0.1) is 0 Å². The Balaban J connectivity index is 2.89. The number of hydrogen-bond acceptors (Lipinski definition) is 3. The minimum Gasteiger partial charge on any atom is -0.397 e. The van der Waals surface area contributed by atoms with Gasteiger partial charge in [-0.25, -0.2) is 9.19 Å². The quantitative estimate of drug-likeness (QED) is 0.650. The average Bonchev–Trinajstić information content (AvgIpc) is 2.04. The van der Waals surface area contributed by atoms with Crippen molar-refractivity contribution in [1.82, 2.24) is 4.98 Å². The largest absolute Gasteiger partial charge is 0.397 e. The summed E-state index contributed by atoms with van der Waals surface area (Å²) in [6.45, 7) is 0. The molecule has 5 nitrogen and oxygen atoms in total. The molecule has 1 aromatic heterocycles. The normalized spacial score (nSPS) is 12.5. The molecule has 6 heteroatoms. The number of pyridine rings is 1. The molecule has 66 valence electrons. The van der Waals surface area contributed by atoms with Crippen molar-refractivity contribution in [3.05, 3.63) is 18.3 Å². The Kier molecular flexibility index (Phi) is 2.61. The van der Waals surface area contributed by atoms with Gasteiger partial charge in [-0.05, 0) is 12.1 Å². The first kappa shape index (κ1) is 8.95. The van der Waals surface area contributed by atoms with E-state index in [-0.39, 0.29) is 0 Å². The summed E-state index contributed by atoms with van der Waals surface area (Å²) < 4.78 is 20.3. The van der Waals surface area contributed by atoms with Crippen molar-refractivity contribution in [2.24, 2.45) is 0 Å². The molecule has 0 saturated carbocycles. The monoisotopic (exact) mass is 187 g/mol. The van der Waals surface area contributed by atoms with E-state index in [0.717, 1.165) is 4.31 Å². The van der Waals surface area contributed by atoms with Crippen LogP contribution in [0.15, 0.2) is 18.3 Å². The van der Waals surface area contributed by atoms with E-state index >= 15 is 0 Å². The number of hydrogen-bond donors (Lipinski definition) is 2. The van der Waals surface area contributed by atoms with Crippen LogP contribution in [0.4, 0.5) is 11.5 Å². The number of nitrogens with zero attached hydrogens (tertiary/aromatic N) is 2. The molecule has 0 aliphatic heterocycles. The SMILES string of the molecule is CN(c1ccc(N)cn1)S(=O)O. The van der Waals surface area contributed by atoms with Gasteiger partial charge in [-0.1, -0.05) is 0 Å². The highest BCUT2D eigenvalue weighted by Gasteiger charge is 2.05. The Bertz CT molecular complexity index is 287. The second-order valence-corrected chi connectivity index (χ2v) is 3.19. The third-order valence-electron chi connectivity index (χ3n) is 1.33. The van der Waals surface area contributed by atoms with Gasteiger partial charge >= 0.3 is 0 Å². The Morgan fingerprint density at radius 1 is 1.67 bits per heavy atom. The molecule has 12 heavy (non-hydrogen) atoms. The van der Waals surface area contributed by atoms with Gasteiger partial charge in [0, 0.05) is 7.05 Å². The second kappa shape index (κ2) is 3.51. The van der Waals surface area contributed by atoms with E-state index in [0.29, 0.717) is 11.5 Å². The fraction of sp³-hybridized carbons (Fsp3) is 0.167. The zero-order chi connectivity index (χ0) is 9.14. The molecule has 0 aromatic carbocycles. The summed E-state index contributed by atoms with van der Waals surface area (Å²) in [6, 6.07) is 3.19. The van der Waals surface area contributed by atoms with E-state index in [9.17, 15) is 4.21 Å². The van der Waals surface area contributed by atoms with Crippen LogP contribution in [0.3, 0.4) is 0 Å². The number of nitrogen functional groups attached to an aromatic ring is 1. The van der Waals surface area contributed by atoms with E-state index < -0.39 is 11.3 Å². The smallest absolute Gasteiger partial charge is 0.262 e.